The summed E-state index contributed by atoms with van der Waals surface area (Å²) in [5.41, 5.74) is 0.716. The number of hydrogen-bond acceptors (Lipinski definition) is 4. The Morgan fingerprint density at radius 3 is 2.55 bits per heavy atom. The molecule has 120 valence electrons. The fourth-order valence-corrected chi connectivity index (χ4v) is 2.63. The van der Waals surface area contributed by atoms with Crippen molar-refractivity contribution >= 4 is 17.4 Å². The van der Waals surface area contributed by atoms with E-state index in [1.165, 1.54) is 25.1 Å². The van der Waals surface area contributed by atoms with E-state index in [9.17, 15) is 14.0 Å². The number of halogens is 1. The van der Waals surface area contributed by atoms with Crippen molar-refractivity contribution in [1.29, 1.82) is 0 Å². The Hall–Kier alpha value is -1.95. The fraction of sp³-hybridized carbons (Fsp3) is 0.500. The highest BCUT2D eigenvalue weighted by Crippen LogP contribution is 2.18. The van der Waals surface area contributed by atoms with Gasteiger partial charge < -0.3 is 15.0 Å². The molecule has 1 aromatic rings. The number of Topliss-reactive ketones (excluding diaryl/α,β-unsaturated/α-hetero) is 1. The molecule has 0 bridgehead atoms. The van der Waals surface area contributed by atoms with Gasteiger partial charge in [0.15, 0.2) is 5.78 Å². The van der Waals surface area contributed by atoms with E-state index in [1.54, 1.807) is 4.90 Å². The van der Waals surface area contributed by atoms with Crippen LogP contribution in [0.1, 0.15) is 31.1 Å². The third-order valence-corrected chi connectivity index (χ3v) is 3.56. The molecule has 1 N–H and O–H groups in total. The molecule has 22 heavy (non-hydrogen) atoms. The molecule has 2 atom stereocenters. The lowest BCUT2D eigenvalue weighted by Crippen LogP contribution is -2.49. The summed E-state index contributed by atoms with van der Waals surface area (Å²) in [4.78, 5) is 25.5. The number of nitrogens with zero attached hydrogens (tertiary/aromatic N) is 1. The van der Waals surface area contributed by atoms with Gasteiger partial charge in [-0.15, -0.1) is 0 Å². The predicted octanol–water partition coefficient (Wildman–Crippen LogP) is 2.08. The highest BCUT2D eigenvalue weighted by Gasteiger charge is 2.25. The summed E-state index contributed by atoms with van der Waals surface area (Å²) in [6.07, 6.45) is -0.00991. The molecule has 1 aliphatic rings. The van der Waals surface area contributed by atoms with Crippen molar-refractivity contribution in [2.45, 2.75) is 33.0 Å². The molecule has 1 heterocycles. The number of ether oxygens (including phenoxy) is 1. The first kappa shape index (κ1) is 16.4. The minimum absolute atomic E-state index is 0.00495. The Labute approximate surface area is 129 Å². The van der Waals surface area contributed by atoms with E-state index in [2.05, 4.69) is 5.32 Å². The Morgan fingerprint density at radius 2 is 1.95 bits per heavy atom. The first-order valence-corrected chi connectivity index (χ1v) is 7.34. The number of morpholine rings is 1. The van der Waals surface area contributed by atoms with Crippen molar-refractivity contribution in [2.75, 3.05) is 25.0 Å². The SMILES string of the molecule is CC(=O)c1ccc(F)cc1NCC(=O)N1C[C@@H](C)O[C@H](C)C1. The third kappa shape index (κ3) is 4.04. The quantitative estimate of drug-likeness (QED) is 0.865. The molecule has 1 aromatic carbocycles. The Balaban J connectivity index is 2.02. The van der Waals surface area contributed by atoms with Gasteiger partial charge >= 0.3 is 0 Å². The topological polar surface area (TPSA) is 58.6 Å². The highest BCUT2D eigenvalue weighted by molar-refractivity contribution is 6.00. The normalized spacial score (nSPS) is 21.5. The first-order valence-electron chi connectivity index (χ1n) is 7.34. The molecule has 1 saturated heterocycles. The molecular weight excluding hydrogens is 287 g/mol. The summed E-state index contributed by atoms with van der Waals surface area (Å²) in [6.45, 7) is 6.34. The molecular formula is C16H21FN2O3. The Kier molecular flexibility index (Phi) is 5.13. The van der Waals surface area contributed by atoms with Gasteiger partial charge in [-0.2, -0.15) is 0 Å². The van der Waals surface area contributed by atoms with Crippen LogP contribution in [0.25, 0.3) is 0 Å². The van der Waals surface area contributed by atoms with Crippen LogP contribution in [-0.2, 0) is 9.53 Å². The van der Waals surface area contributed by atoms with Crippen LogP contribution in [0.15, 0.2) is 18.2 Å². The molecule has 0 aliphatic carbocycles. The third-order valence-electron chi connectivity index (χ3n) is 3.56. The van der Waals surface area contributed by atoms with Crippen molar-refractivity contribution in [2.24, 2.45) is 0 Å². The van der Waals surface area contributed by atoms with Crippen LogP contribution in [0.3, 0.4) is 0 Å². The minimum atomic E-state index is -0.450. The second kappa shape index (κ2) is 6.87. The summed E-state index contributed by atoms with van der Waals surface area (Å²) in [7, 11) is 0. The van der Waals surface area contributed by atoms with E-state index in [0.29, 0.717) is 24.3 Å². The van der Waals surface area contributed by atoms with E-state index in [0.717, 1.165) is 0 Å². The molecule has 2 rings (SSSR count). The van der Waals surface area contributed by atoms with E-state index >= 15 is 0 Å². The van der Waals surface area contributed by atoms with Gasteiger partial charge in [0.25, 0.3) is 0 Å². The second-order valence-corrected chi connectivity index (χ2v) is 5.66. The predicted molar refractivity (Wildman–Crippen MR) is 81.5 cm³/mol. The average molecular weight is 308 g/mol. The Bertz CT molecular complexity index is 567. The van der Waals surface area contributed by atoms with Crippen molar-refractivity contribution in [3.63, 3.8) is 0 Å². The van der Waals surface area contributed by atoms with E-state index in [4.69, 9.17) is 4.74 Å². The van der Waals surface area contributed by atoms with Gasteiger partial charge in [0.2, 0.25) is 5.91 Å². The molecule has 1 amide bonds. The molecule has 0 aromatic heterocycles. The van der Waals surface area contributed by atoms with E-state index < -0.39 is 5.82 Å². The first-order chi connectivity index (χ1) is 10.4. The lowest BCUT2D eigenvalue weighted by Gasteiger charge is -2.35. The summed E-state index contributed by atoms with van der Waals surface area (Å²) in [6, 6.07) is 3.88. The number of anilines is 1. The van der Waals surface area contributed by atoms with Gasteiger partial charge in [0, 0.05) is 24.3 Å². The molecule has 0 spiro atoms. The minimum Gasteiger partial charge on any atom is -0.375 e. The van der Waals surface area contributed by atoms with Crippen LogP contribution in [-0.4, -0.2) is 48.4 Å². The van der Waals surface area contributed by atoms with Gasteiger partial charge in [-0.05, 0) is 39.0 Å². The Morgan fingerprint density at radius 1 is 1.32 bits per heavy atom. The number of hydrogen-bond donors (Lipinski definition) is 1. The van der Waals surface area contributed by atoms with Gasteiger partial charge in [-0.25, -0.2) is 4.39 Å². The molecule has 6 heteroatoms. The molecule has 0 radical (unpaired) electrons. The number of ketones is 1. The van der Waals surface area contributed by atoms with Crippen LogP contribution < -0.4 is 5.32 Å². The summed E-state index contributed by atoms with van der Waals surface area (Å²) < 4.78 is 18.9. The number of rotatable bonds is 4. The maximum absolute atomic E-state index is 13.3. The van der Waals surface area contributed by atoms with Gasteiger partial charge in [0.1, 0.15) is 5.82 Å². The maximum Gasteiger partial charge on any atom is 0.242 e. The number of carbonyl (C=O) groups excluding carboxylic acids is 2. The lowest BCUT2D eigenvalue weighted by molar-refractivity contribution is -0.141. The van der Waals surface area contributed by atoms with Crippen molar-refractivity contribution in [1.82, 2.24) is 4.90 Å². The lowest BCUT2D eigenvalue weighted by atomic mass is 10.1. The second-order valence-electron chi connectivity index (χ2n) is 5.66. The molecule has 0 saturated carbocycles. The zero-order valence-electron chi connectivity index (χ0n) is 13.1. The van der Waals surface area contributed by atoms with Crippen LogP contribution in [0.4, 0.5) is 10.1 Å². The van der Waals surface area contributed by atoms with Crippen LogP contribution in [0.5, 0.6) is 0 Å². The van der Waals surface area contributed by atoms with Gasteiger partial charge in [-0.3, -0.25) is 9.59 Å². The van der Waals surface area contributed by atoms with Gasteiger partial charge in [-0.1, -0.05) is 0 Å². The molecule has 0 unspecified atom stereocenters. The zero-order chi connectivity index (χ0) is 16.3. The number of nitrogens with one attached hydrogen (secondary N) is 1. The maximum atomic E-state index is 13.3. The number of carbonyl (C=O) groups is 2. The van der Waals surface area contributed by atoms with Crippen LogP contribution in [0.2, 0.25) is 0 Å². The molecule has 1 fully saturated rings. The van der Waals surface area contributed by atoms with Crippen LogP contribution >= 0.6 is 0 Å². The van der Waals surface area contributed by atoms with Gasteiger partial charge in [0.05, 0.1) is 18.8 Å². The average Bonchev–Trinajstić information content (AvgIpc) is 2.43. The molecule has 5 nitrogen and oxygen atoms in total. The summed E-state index contributed by atoms with van der Waals surface area (Å²) in [5.74, 6) is -0.724. The van der Waals surface area contributed by atoms with Crippen molar-refractivity contribution < 1.29 is 18.7 Å². The smallest absolute Gasteiger partial charge is 0.242 e. The van der Waals surface area contributed by atoms with Crippen LogP contribution in [0, 0.1) is 5.82 Å². The van der Waals surface area contributed by atoms with E-state index in [-0.39, 0.29) is 30.4 Å². The molecule has 1 aliphatic heterocycles. The van der Waals surface area contributed by atoms with Crippen molar-refractivity contribution in [3.8, 4) is 0 Å². The zero-order valence-corrected chi connectivity index (χ0v) is 13.1. The standard InChI is InChI=1S/C16H21FN2O3/c1-10-8-19(9-11(2)22-10)16(21)7-18-15-6-13(17)4-5-14(15)12(3)20/h4-6,10-11,18H,7-9H2,1-3H3/t10-,11-/m1/s1. The van der Waals surface area contributed by atoms with Crippen molar-refractivity contribution in [3.05, 3.63) is 29.6 Å². The van der Waals surface area contributed by atoms with E-state index in [1.807, 2.05) is 13.8 Å². The highest BCUT2D eigenvalue weighted by atomic mass is 19.1. The summed E-state index contributed by atoms with van der Waals surface area (Å²) >= 11 is 0. The largest absolute Gasteiger partial charge is 0.375 e. The monoisotopic (exact) mass is 308 g/mol. The number of benzene rings is 1. The fourth-order valence-electron chi connectivity index (χ4n) is 2.63. The summed E-state index contributed by atoms with van der Waals surface area (Å²) in [5, 5.41) is 2.87. The number of amides is 1.